The molecule has 1 aromatic carbocycles. The second-order valence-electron chi connectivity index (χ2n) is 5.10. The van der Waals surface area contributed by atoms with Gasteiger partial charge in [-0.15, -0.1) is 0 Å². The summed E-state index contributed by atoms with van der Waals surface area (Å²) in [6.07, 6.45) is 3.86. The molecule has 3 rings (SSSR count). The first-order valence-electron chi connectivity index (χ1n) is 6.99. The molecule has 4 nitrogen and oxygen atoms in total. The largest absolute Gasteiger partial charge is 0.378 e. The van der Waals surface area contributed by atoms with Crippen LogP contribution in [0.25, 0.3) is 5.69 Å². The molecule has 0 fully saturated rings. The van der Waals surface area contributed by atoms with Crippen LogP contribution in [0, 0.1) is 13.8 Å². The average molecular weight is 278 g/mol. The minimum absolute atomic E-state index is 0.692. The molecule has 106 valence electrons. The molecule has 0 atom stereocenters. The molecule has 0 unspecified atom stereocenters. The maximum Gasteiger partial charge on any atom is 0.0877 e. The zero-order chi connectivity index (χ0) is 14.7. The Bertz CT molecular complexity index is 729. The van der Waals surface area contributed by atoms with Gasteiger partial charge >= 0.3 is 0 Å². The van der Waals surface area contributed by atoms with Crippen molar-refractivity contribution in [2.24, 2.45) is 0 Å². The third-order valence-electron chi connectivity index (χ3n) is 3.31. The maximum atomic E-state index is 4.47. The number of pyridine rings is 1. The van der Waals surface area contributed by atoms with E-state index in [4.69, 9.17) is 0 Å². The first-order valence-corrected chi connectivity index (χ1v) is 6.99. The number of benzene rings is 1. The first kappa shape index (κ1) is 13.4. The molecule has 21 heavy (non-hydrogen) atoms. The van der Waals surface area contributed by atoms with Gasteiger partial charge in [-0.3, -0.25) is 4.98 Å². The molecule has 2 heterocycles. The Morgan fingerprint density at radius 3 is 2.62 bits per heavy atom. The van der Waals surface area contributed by atoms with E-state index in [0.717, 1.165) is 22.8 Å². The lowest BCUT2D eigenvalue weighted by Gasteiger charge is -2.11. The fraction of sp³-hybridized carbons (Fsp3) is 0.176. The van der Waals surface area contributed by atoms with E-state index in [1.165, 1.54) is 5.56 Å². The van der Waals surface area contributed by atoms with Crippen molar-refractivity contribution in [2.75, 3.05) is 5.32 Å². The highest BCUT2D eigenvalue weighted by atomic mass is 15.3. The van der Waals surface area contributed by atoms with Crippen LogP contribution in [-0.2, 0) is 6.54 Å². The molecule has 0 saturated heterocycles. The molecule has 0 bridgehead atoms. The normalized spacial score (nSPS) is 10.6. The van der Waals surface area contributed by atoms with E-state index in [1.807, 2.05) is 55.2 Å². The molecule has 3 aromatic rings. The maximum absolute atomic E-state index is 4.47. The molecule has 0 aliphatic heterocycles. The van der Waals surface area contributed by atoms with Gasteiger partial charge in [0.15, 0.2) is 0 Å². The molecular formula is C17H18N4. The van der Waals surface area contributed by atoms with Crippen molar-refractivity contribution in [3.05, 3.63) is 71.8 Å². The van der Waals surface area contributed by atoms with Gasteiger partial charge in [0.25, 0.3) is 0 Å². The van der Waals surface area contributed by atoms with Crippen LogP contribution >= 0.6 is 0 Å². The summed E-state index contributed by atoms with van der Waals surface area (Å²) in [5.41, 5.74) is 5.28. The van der Waals surface area contributed by atoms with Crippen LogP contribution in [0.1, 0.15) is 17.0 Å². The summed E-state index contributed by atoms with van der Waals surface area (Å²) in [4.78, 5) is 4.41. The summed E-state index contributed by atoms with van der Waals surface area (Å²) >= 11 is 0. The van der Waals surface area contributed by atoms with Gasteiger partial charge in [0, 0.05) is 12.4 Å². The third kappa shape index (κ3) is 3.11. The summed E-state index contributed by atoms with van der Waals surface area (Å²) in [5, 5.41) is 7.90. The monoisotopic (exact) mass is 278 g/mol. The van der Waals surface area contributed by atoms with Crippen molar-refractivity contribution in [2.45, 2.75) is 20.4 Å². The van der Waals surface area contributed by atoms with E-state index in [-0.39, 0.29) is 0 Å². The van der Waals surface area contributed by atoms with E-state index in [0.29, 0.717) is 6.54 Å². The zero-order valence-electron chi connectivity index (χ0n) is 12.2. The van der Waals surface area contributed by atoms with Crippen LogP contribution in [0.15, 0.2) is 54.9 Å². The SMILES string of the molecule is Cc1ccc(CNc2ccccc2-n2ccc(C)n2)nc1. The van der Waals surface area contributed by atoms with E-state index in [2.05, 4.69) is 33.6 Å². The molecule has 0 aliphatic carbocycles. The fourth-order valence-corrected chi connectivity index (χ4v) is 2.16. The third-order valence-corrected chi connectivity index (χ3v) is 3.31. The summed E-state index contributed by atoms with van der Waals surface area (Å²) in [7, 11) is 0. The van der Waals surface area contributed by atoms with E-state index >= 15 is 0 Å². The topological polar surface area (TPSA) is 42.7 Å². The number of hydrogen-bond donors (Lipinski definition) is 1. The quantitative estimate of drug-likeness (QED) is 0.794. The first-order chi connectivity index (χ1) is 10.2. The molecule has 0 radical (unpaired) electrons. The van der Waals surface area contributed by atoms with Crippen LogP contribution in [0.2, 0.25) is 0 Å². The van der Waals surface area contributed by atoms with Gasteiger partial charge in [-0.1, -0.05) is 18.2 Å². The number of nitrogens with zero attached hydrogens (tertiary/aromatic N) is 3. The van der Waals surface area contributed by atoms with Crippen LogP contribution in [0.4, 0.5) is 5.69 Å². The number of aryl methyl sites for hydroxylation is 2. The number of aromatic nitrogens is 3. The van der Waals surface area contributed by atoms with Crippen LogP contribution in [-0.4, -0.2) is 14.8 Å². The lowest BCUT2D eigenvalue weighted by molar-refractivity contribution is 0.861. The van der Waals surface area contributed by atoms with Crippen molar-refractivity contribution in [1.82, 2.24) is 14.8 Å². The van der Waals surface area contributed by atoms with Crippen molar-refractivity contribution in [1.29, 1.82) is 0 Å². The molecule has 0 amide bonds. The Kier molecular flexibility index (Phi) is 3.69. The van der Waals surface area contributed by atoms with E-state index in [1.54, 1.807) is 0 Å². The Hall–Kier alpha value is -2.62. The van der Waals surface area contributed by atoms with Gasteiger partial charge < -0.3 is 5.32 Å². The van der Waals surface area contributed by atoms with Gasteiger partial charge in [0.1, 0.15) is 0 Å². The lowest BCUT2D eigenvalue weighted by atomic mass is 10.2. The lowest BCUT2D eigenvalue weighted by Crippen LogP contribution is -2.06. The number of para-hydroxylation sites is 2. The van der Waals surface area contributed by atoms with Gasteiger partial charge in [-0.05, 0) is 43.7 Å². The standard InChI is InChI=1S/C17H18N4/c1-13-7-8-15(18-11-13)12-19-16-5-3-4-6-17(16)21-10-9-14(2)20-21/h3-11,19H,12H2,1-2H3. The van der Waals surface area contributed by atoms with Gasteiger partial charge in [0.05, 0.1) is 29.3 Å². The predicted octanol–water partition coefficient (Wildman–Crippen LogP) is 3.50. The van der Waals surface area contributed by atoms with E-state index in [9.17, 15) is 0 Å². The summed E-state index contributed by atoms with van der Waals surface area (Å²) in [6.45, 7) is 4.72. The van der Waals surface area contributed by atoms with Gasteiger partial charge in [-0.2, -0.15) is 5.10 Å². The smallest absolute Gasteiger partial charge is 0.0877 e. The van der Waals surface area contributed by atoms with Crippen molar-refractivity contribution >= 4 is 5.69 Å². The Labute approximate surface area is 124 Å². The molecule has 1 N–H and O–H groups in total. The van der Waals surface area contributed by atoms with Crippen molar-refractivity contribution < 1.29 is 0 Å². The van der Waals surface area contributed by atoms with Crippen LogP contribution in [0.3, 0.4) is 0 Å². The molecule has 0 spiro atoms. The molecule has 2 aromatic heterocycles. The molecule has 0 saturated carbocycles. The number of rotatable bonds is 4. The second kappa shape index (κ2) is 5.79. The molecule has 0 aliphatic rings. The Balaban J connectivity index is 1.81. The highest BCUT2D eigenvalue weighted by Gasteiger charge is 2.05. The number of nitrogens with one attached hydrogen (secondary N) is 1. The minimum atomic E-state index is 0.692. The minimum Gasteiger partial charge on any atom is -0.378 e. The summed E-state index contributed by atoms with van der Waals surface area (Å²) in [5.74, 6) is 0. The van der Waals surface area contributed by atoms with Crippen LogP contribution < -0.4 is 5.32 Å². The van der Waals surface area contributed by atoms with Crippen molar-refractivity contribution in [3.8, 4) is 5.69 Å². The average Bonchev–Trinajstić information content (AvgIpc) is 2.93. The second-order valence-corrected chi connectivity index (χ2v) is 5.10. The van der Waals surface area contributed by atoms with Crippen molar-refractivity contribution in [3.63, 3.8) is 0 Å². The molecular weight excluding hydrogens is 260 g/mol. The van der Waals surface area contributed by atoms with Gasteiger partial charge in [-0.25, -0.2) is 4.68 Å². The van der Waals surface area contributed by atoms with Gasteiger partial charge in [0.2, 0.25) is 0 Å². The number of anilines is 1. The zero-order valence-corrected chi connectivity index (χ0v) is 12.2. The highest BCUT2D eigenvalue weighted by Crippen LogP contribution is 2.20. The Morgan fingerprint density at radius 1 is 1.05 bits per heavy atom. The Morgan fingerprint density at radius 2 is 1.90 bits per heavy atom. The van der Waals surface area contributed by atoms with Crippen LogP contribution in [0.5, 0.6) is 0 Å². The van der Waals surface area contributed by atoms with E-state index < -0.39 is 0 Å². The summed E-state index contributed by atoms with van der Waals surface area (Å²) in [6, 6.07) is 14.3. The number of hydrogen-bond acceptors (Lipinski definition) is 3. The predicted molar refractivity (Wildman–Crippen MR) is 84.6 cm³/mol. The highest BCUT2D eigenvalue weighted by molar-refractivity contribution is 5.60. The summed E-state index contributed by atoms with van der Waals surface area (Å²) < 4.78 is 1.89. The molecule has 4 heteroatoms. The fourth-order valence-electron chi connectivity index (χ4n) is 2.16.